The van der Waals surface area contributed by atoms with Crippen molar-refractivity contribution >= 4 is 11.8 Å². The fraction of sp³-hybridized carbons (Fsp3) is 0.333. The SMILES string of the molecule is C=CC(=O)NCC(Cc1ccc(C(F)(F)F)cc1)C(=O)NC. The smallest absolute Gasteiger partial charge is 0.359 e. The lowest BCUT2D eigenvalue weighted by Gasteiger charge is -2.16. The van der Waals surface area contributed by atoms with E-state index in [2.05, 4.69) is 17.2 Å². The third-order valence-electron chi connectivity index (χ3n) is 3.09. The Balaban J connectivity index is 2.78. The maximum atomic E-state index is 12.5. The summed E-state index contributed by atoms with van der Waals surface area (Å²) in [5, 5.41) is 4.97. The van der Waals surface area contributed by atoms with Crippen LogP contribution in [-0.4, -0.2) is 25.4 Å². The Morgan fingerprint density at radius 1 is 1.27 bits per heavy atom. The number of benzene rings is 1. The largest absolute Gasteiger partial charge is 0.416 e. The van der Waals surface area contributed by atoms with E-state index >= 15 is 0 Å². The number of carbonyl (C=O) groups excluding carboxylic acids is 2. The maximum Gasteiger partial charge on any atom is 0.416 e. The summed E-state index contributed by atoms with van der Waals surface area (Å²) in [6.45, 7) is 3.38. The van der Waals surface area contributed by atoms with Crippen molar-refractivity contribution in [2.45, 2.75) is 12.6 Å². The van der Waals surface area contributed by atoms with Gasteiger partial charge in [-0.15, -0.1) is 0 Å². The zero-order valence-electron chi connectivity index (χ0n) is 12.0. The molecule has 0 bridgehead atoms. The highest BCUT2D eigenvalue weighted by atomic mass is 19.4. The standard InChI is InChI=1S/C15H17F3N2O2/c1-3-13(21)20-9-11(14(22)19-2)8-10-4-6-12(7-5-10)15(16,17)18/h3-7,11H,1,8-9H2,2H3,(H,19,22)(H,20,21). The summed E-state index contributed by atoms with van der Waals surface area (Å²) < 4.78 is 37.5. The van der Waals surface area contributed by atoms with Crippen LogP contribution in [0.2, 0.25) is 0 Å². The highest BCUT2D eigenvalue weighted by Gasteiger charge is 2.30. The van der Waals surface area contributed by atoms with Gasteiger partial charge in [-0.25, -0.2) is 0 Å². The molecule has 1 aromatic carbocycles. The molecule has 4 nitrogen and oxygen atoms in total. The van der Waals surface area contributed by atoms with Gasteiger partial charge < -0.3 is 10.6 Å². The number of nitrogens with one attached hydrogen (secondary N) is 2. The maximum absolute atomic E-state index is 12.5. The van der Waals surface area contributed by atoms with Crippen molar-refractivity contribution in [1.82, 2.24) is 10.6 Å². The fourth-order valence-corrected chi connectivity index (χ4v) is 1.87. The Morgan fingerprint density at radius 2 is 1.86 bits per heavy atom. The second-order valence-electron chi connectivity index (χ2n) is 4.66. The van der Waals surface area contributed by atoms with Crippen LogP contribution in [0.3, 0.4) is 0 Å². The van der Waals surface area contributed by atoms with Crippen LogP contribution in [0.4, 0.5) is 13.2 Å². The molecule has 0 aliphatic carbocycles. The molecule has 2 amide bonds. The van der Waals surface area contributed by atoms with E-state index in [1.165, 1.54) is 19.2 Å². The van der Waals surface area contributed by atoms with Gasteiger partial charge in [0.15, 0.2) is 0 Å². The predicted octanol–water partition coefficient (Wildman–Crippen LogP) is 1.91. The van der Waals surface area contributed by atoms with Gasteiger partial charge in [0, 0.05) is 13.6 Å². The minimum absolute atomic E-state index is 0.0749. The van der Waals surface area contributed by atoms with E-state index in [9.17, 15) is 22.8 Å². The van der Waals surface area contributed by atoms with Gasteiger partial charge >= 0.3 is 6.18 Å². The van der Waals surface area contributed by atoms with Gasteiger partial charge in [-0.2, -0.15) is 13.2 Å². The quantitative estimate of drug-likeness (QED) is 0.788. The van der Waals surface area contributed by atoms with Crippen LogP contribution in [0.1, 0.15) is 11.1 Å². The lowest BCUT2D eigenvalue weighted by atomic mass is 9.97. The van der Waals surface area contributed by atoms with Gasteiger partial charge in [0.25, 0.3) is 0 Å². The molecule has 1 unspecified atom stereocenters. The second kappa shape index (κ2) is 7.63. The van der Waals surface area contributed by atoms with Crippen molar-refractivity contribution < 1.29 is 22.8 Å². The van der Waals surface area contributed by atoms with E-state index in [1.807, 2.05) is 0 Å². The third kappa shape index (κ3) is 5.23. The minimum Gasteiger partial charge on any atom is -0.359 e. The molecule has 1 atom stereocenters. The van der Waals surface area contributed by atoms with E-state index in [4.69, 9.17) is 0 Å². The van der Waals surface area contributed by atoms with E-state index in [-0.39, 0.29) is 18.9 Å². The summed E-state index contributed by atoms with van der Waals surface area (Å²) in [6, 6.07) is 4.60. The molecule has 7 heteroatoms. The molecule has 0 fully saturated rings. The molecule has 1 aromatic rings. The number of amides is 2. The molecule has 0 aliphatic rings. The molecular weight excluding hydrogens is 297 g/mol. The molecule has 0 aliphatic heterocycles. The molecule has 0 radical (unpaired) electrons. The van der Waals surface area contributed by atoms with Crippen LogP contribution in [-0.2, 0) is 22.2 Å². The van der Waals surface area contributed by atoms with Crippen molar-refractivity contribution in [3.05, 3.63) is 48.0 Å². The van der Waals surface area contributed by atoms with Gasteiger partial charge in [-0.3, -0.25) is 9.59 Å². The fourth-order valence-electron chi connectivity index (χ4n) is 1.87. The van der Waals surface area contributed by atoms with Crippen LogP contribution in [0.25, 0.3) is 0 Å². The third-order valence-corrected chi connectivity index (χ3v) is 3.09. The first-order valence-electron chi connectivity index (χ1n) is 6.56. The van der Waals surface area contributed by atoms with E-state index in [1.54, 1.807) is 0 Å². The summed E-state index contributed by atoms with van der Waals surface area (Å²) in [5.74, 6) is -1.30. The number of hydrogen-bond donors (Lipinski definition) is 2. The summed E-state index contributed by atoms with van der Waals surface area (Å²) in [7, 11) is 1.46. The summed E-state index contributed by atoms with van der Waals surface area (Å²) in [5.41, 5.74) is -0.165. The second-order valence-corrected chi connectivity index (χ2v) is 4.66. The molecule has 0 spiro atoms. The first kappa shape index (κ1) is 17.7. The summed E-state index contributed by atoms with van der Waals surface area (Å²) >= 11 is 0. The molecule has 2 N–H and O–H groups in total. The molecule has 0 heterocycles. The predicted molar refractivity (Wildman–Crippen MR) is 75.9 cm³/mol. The number of hydrogen-bond acceptors (Lipinski definition) is 2. The molecular formula is C15H17F3N2O2. The molecule has 1 rings (SSSR count). The molecule has 0 aromatic heterocycles. The first-order chi connectivity index (χ1) is 10.3. The Morgan fingerprint density at radius 3 is 2.32 bits per heavy atom. The lowest BCUT2D eigenvalue weighted by Crippen LogP contribution is -2.38. The molecule has 0 saturated heterocycles. The normalized spacial score (nSPS) is 12.4. The van der Waals surface area contributed by atoms with Gasteiger partial charge in [0.1, 0.15) is 0 Å². The minimum atomic E-state index is -4.39. The Hall–Kier alpha value is -2.31. The number of alkyl halides is 3. The average molecular weight is 314 g/mol. The molecule has 0 saturated carbocycles. The number of rotatable bonds is 6. The van der Waals surface area contributed by atoms with Crippen LogP contribution in [0, 0.1) is 5.92 Å². The monoisotopic (exact) mass is 314 g/mol. The van der Waals surface area contributed by atoms with E-state index in [0.29, 0.717) is 5.56 Å². The van der Waals surface area contributed by atoms with Crippen LogP contribution < -0.4 is 10.6 Å². The zero-order chi connectivity index (χ0) is 16.8. The topological polar surface area (TPSA) is 58.2 Å². The Labute approximate surface area is 126 Å². The van der Waals surface area contributed by atoms with Gasteiger partial charge in [0.05, 0.1) is 11.5 Å². The van der Waals surface area contributed by atoms with Gasteiger partial charge in [-0.05, 0) is 30.2 Å². The number of carbonyl (C=O) groups is 2. The summed E-state index contributed by atoms with van der Waals surface area (Å²) in [6.07, 6.45) is -3.09. The Bertz CT molecular complexity index is 539. The Kier molecular flexibility index (Phi) is 6.15. The van der Waals surface area contributed by atoms with Crippen molar-refractivity contribution in [2.24, 2.45) is 5.92 Å². The van der Waals surface area contributed by atoms with Crippen molar-refractivity contribution in [1.29, 1.82) is 0 Å². The highest BCUT2D eigenvalue weighted by Crippen LogP contribution is 2.29. The van der Waals surface area contributed by atoms with Gasteiger partial charge in [-0.1, -0.05) is 18.7 Å². The van der Waals surface area contributed by atoms with Gasteiger partial charge in [0.2, 0.25) is 11.8 Å². The first-order valence-corrected chi connectivity index (χ1v) is 6.56. The van der Waals surface area contributed by atoms with Crippen molar-refractivity contribution in [3.8, 4) is 0 Å². The van der Waals surface area contributed by atoms with Crippen molar-refractivity contribution in [3.63, 3.8) is 0 Å². The van der Waals surface area contributed by atoms with Crippen LogP contribution in [0.15, 0.2) is 36.9 Å². The average Bonchev–Trinajstić information content (AvgIpc) is 2.49. The van der Waals surface area contributed by atoms with Crippen LogP contribution >= 0.6 is 0 Å². The number of halogens is 3. The summed E-state index contributed by atoms with van der Waals surface area (Å²) in [4.78, 5) is 22.9. The molecule has 22 heavy (non-hydrogen) atoms. The molecule has 120 valence electrons. The zero-order valence-corrected chi connectivity index (χ0v) is 12.0. The van der Waals surface area contributed by atoms with Crippen molar-refractivity contribution in [2.75, 3.05) is 13.6 Å². The highest BCUT2D eigenvalue weighted by molar-refractivity contribution is 5.87. The van der Waals surface area contributed by atoms with E-state index < -0.39 is 23.6 Å². The van der Waals surface area contributed by atoms with E-state index in [0.717, 1.165) is 18.2 Å². The lowest BCUT2D eigenvalue weighted by molar-refractivity contribution is -0.137. The van der Waals surface area contributed by atoms with Crippen LogP contribution in [0.5, 0.6) is 0 Å².